The van der Waals surface area contributed by atoms with Gasteiger partial charge in [-0.1, -0.05) is 25.4 Å². The van der Waals surface area contributed by atoms with Gasteiger partial charge in [-0.2, -0.15) is 4.98 Å². The summed E-state index contributed by atoms with van der Waals surface area (Å²) < 4.78 is 21.1. The van der Waals surface area contributed by atoms with Crippen LogP contribution in [0.2, 0.25) is 5.02 Å². The first-order chi connectivity index (χ1) is 17.3. The highest BCUT2D eigenvalue weighted by molar-refractivity contribution is 6.30. The predicted molar refractivity (Wildman–Crippen MR) is 136 cm³/mol. The van der Waals surface area contributed by atoms with Crippen LogP contribution in [0.15, 0.2) is 36.9 Å². The summed E-state index contributed by atoms with van der Waals surface area (Å²) in [5.74, 6) is 0.290. The number of hydrogen-bond donors (Lipinski definition) is 3. The van der Waals surface area contributed by atoms with Crippen molar-refractivity contribution in [1.29, 1.82) is 0 Å². The van der Waals surface area contributed by atoms with E-state index in [2.05, 4.69) is 30.9 Å². The van der Waals surface area contributed by atoms with Crippen molar-refractivity contribution in [2.24, 2.45) is 0 Å². The number of amides is 1. The number of carbonyl (C=O) groups excluding carboxylic acids is 1. The third-order valence-corrected chi connectivity index (χ3v) is 6.10. The fourth-order valence-corrected chi connectivity index (χ4v) is 4.19. The van der Waals surface area contributed by atoms with Gasteiger partial charge in [-0.3, -0.25) is 9.36 Å². The Morgan fingerprint density at radius 3 is 2.75 bits per heavy atom. The second kappa shape index (κ2) is 11.8. The van der Waals surface area contributed by atoms with Crippen molar-refractivity contribution in [3.63, 3.8) is 0 Å². The number of benzene rings is 1. The molecule has 9 nitrogen and oxygen atoms in total. The van der Waals surface area contributed by atoms with E-state index in [1.54, 1.807) is 29.4 Å². The fourth-order valence-electron chi connectivity index (χ4n) is 3.96. The van der Waals surface area contributed by atoms with Crippen LogP contribution in [0.4, 0.5) is 10.3 Å². The quantitative estimate of drug-likeness (QED) is 0.397. The van der Waals surface area contributed by atoms with Gasteiger partial charge in [0.2, 0.25) is 5.95 Å². The lowest BCUT2D eigenvalue weighted by atomic mass is 10.1. The normalized spacial score (nSPS) is 15.2. The van der Waals surface area contributed by atoms with Crippen LogP contribution in [0.1, 0.15) is 54.3 Å². The average molecular weight is 516 g/mol. The summed E-state index contributed by atoms with van der Waals surface area (Å²) in [5, 5.41) is 9.85. The topological polar surface area (TPSA) is 106 Å². The lowest BCUT2D eigenvalue weighted by Gasteiger charge is -2.23. The number of halogens is 2. The zero-order chi connectivity index (χ0) is 25.7. The molecule has 1 aliphatic heterocycles. The molecule has 11 heteroatoms. The van der Waals surface area contributed by atoms with E-state index >= 15 is 0 Å². The van der Waals surface area contributed by atoms with Crippen LogP contribution in [0.5, 0.6) is 0 Å². The Morgan fingerprint density at radius 1 is 1.25 bits per heavy atom. The fraction of sp³-hybridized carbons (Fsp3) is 0.440. The Bertz CT molecular complexity index is 1180. The molecule has 2 aromatic heterocycles. The molecule has 3 N–H and O–H groups in total. The van der Waals surface area contributed by atoms with Crippen LogP contribution < -0.4 is 16.0 Å². The van der Waals surface area contributed by atoms with Crippen LogP contribution in [0, 0.1) is 12.7 Å². The third kappa shape index (κ3) is 6.77. The van der Waals surface area contributed by atoms with Crippen molar-refractivity contribution >= 4 is 23.5 Å². The van der Waals surface area contributed by atoms with E-state index in [1.165, 1.54) is 12.1 Å². The molecule has 0 unspecified atom stereocenters. The Labute approximate surface area is 214 Å². The van der Waals surface area contributed by atoms with Crippen molar-refractivity contribution in [2.75, 3.05) is 25.1 Å². The number of aromatic nitrogens is 4. The van der Waals surface area contributed by atoms with Gasteiger partial charge in [0.15, 0.2) is 0 Å². The largest absolute Gasteiger partial charge is 0.381 e. The monoisotopic (exact) mass is 515 g/mol. The Balaban J connectivity index is 1.51. The molecule has 3 heterocycles. The van der Waals surface area contributed by atoms with Crippen molar-refractivity contribution in [3.05, 3.63) is 64.6 Å². The van der Waals surface area contributed by atoms with Crippen molar-refractivity contribution in [3.8, 4) is 5.82 Å². The molecule has 3 aromatic rings. The number of aryl methyl sites for hydroxylation is 1. The lowest BCUT2D eigenvalue weighted by Crippen LogP contribution is -2.38. The van der Waals surface area contributed by atoms with Gasteiger partial charge in [-0.15, -0.1) is 0 Å². The summed E-state index contributed by atoms with van der Waals surface area (Å²) in [6, 6.07) is 4.18. The number of carbonyl (C=O) groups is 1. The third-order valence-electron chi connectivity index (χ3n) is 5.88. The zero-order valence-electron chi connectivity index (χ0n) is 20.6. The van der Waals surface area contributed by atoms with Crippen molar-refractivity contribution < 1.29 is 13.9 Å². The lowest BCUT2D eigenvalue weighted by molar-refractivity contribution is 0.0903. The molecule has 192 valence electrons. The number of nitrogens with zero attached hydrogens (tertiary/aromatic N) is 4. The van der Waals surface area contributed by atoms with Crippen molar-refractivity contribution in [1.82, 2.24) is 30.2 Å². The number of hydrogen-bond acceptors (Lipinski definition) is 7. The molecule has 36 heavy (non-hydrogen) atoms. The summed E-state index contributed by atoms with van der Waals surface area (Å²) in [4.78, 5) is 26.4. The maximum Gasteiger partial charge on any atom is 0.272 e. The van der Waals surface area contributed by atoms with Crippen LogP contribution >= 0.6 is 11.6 Å². The summed E-state index contributed by atoms with van der Waals surface area (Å²) in [5.41, 5.74) is 1.62. The minimum atomic E-state index is -0.505. The first-order valence-electron chi connectivity index (χ1n) is 12.0. The number of rotatable bonds is 9. The van der Waals surface area contributed by atoms with Crippen molar-refractivity contribution in [2.45, 2.75) is 51.7 Å². The summed E-state index contributed by atoms with van der Waals surface area (Å²) in [7, 11) is 0. The molecule has 0 radical (unpaired) electrons. The van der Waals surface area contributed by atoms with Gasteiger partial charge >= 0.3 is 0 Å². The summed E-state index contributed by atoms with van der Waals surface area (Å²) in [6.45, 7) is 7.71. The highest BCUT2D eigenvalue weighted by Crippen LogP contribution is 2.21. The van der Waals surface area contributed by atoms with E-state index in [9.17, 15) is 9.18 Å². The molecule has 0 spiro atoms. The molecule has 1 amide bonds. The maximum atomic E-state index is 14.0. The zero-order valence-corrected chi connectivity index (χ0v) is 21.3. The van der Waals surface area contributed by atoms with E-state index in [1.807, 2.05) is 20.8 Å². The van der Waals surface area contributed by atoms with Gasteiger partial charge in [-0.25, -0.2) is 14.4 Å². The van der Waals surface area contributed by atoms with E-state index in [0.717, 1.165) is 18.4 Å². The second-order valence-corrected chi connectivity index (χ2v) is 9.63. The van der Waals surface area contributed by atoms with Crippen LogP contribution in [-0.2, 0) is 4.74 Å². The van der Waals surface area contributed by atoms with Gasteiger partial charge in [0.25, 0.3) is 5.91 Å². The van der Waals surface area contributed by atoms with E-state index < -0.39 is 17.8 Å². The van der Waals surface area contributed by atoms with Gasteiger partial charge < -0.3 is 20.7 Å². The van der Waals surface area contributed by atoms with Crippen LogP contribution in [0.25, 0.3) is 5.82 Å². The first-order valence-corrected chi connectivity index (χ1v) is 12.4. The molecule has 1 fully saturated rings. The standard InChI is InChI=1S/C25H31ClFN7O2/c1-15(2)28-12-21(17-8-18(26)10-19(27)9-17)32-24(35)22-13-34(14-30-22)23-16(3)11-29-25(33-23)31-20-4-6-36-7-5-20/h8-11,13-15,20-21,28H,4-7,12H2,1-3H3,(H,32,35)(H,29,31,33)/t21-/m1/s1. The highest BCUT2D eigenvalue weighted by atomic mass is 35.5. The van der Waals surface area contributed by atoms with E-state index in [-0.39, 0.29) is 22.8 Å². The van der Waals surface area contributed by atoms with Gasteiger partial charge in [0.05, 0.1) is 6.04 Å². The van der Waals surface area contributed by atoms with Gasteiger partial charge in [0, 0.05) is 54.8 Å². The maximum absolute atomic E-state index is 14.0. The summed E-state index contributed by atoms with van der Waals surface area (Å²) >= 11 is 6.06. The second-order valence-electron chi connectivity index (χ2n) is 9.19. The van der Waals surface area contributed by atoms with Crippen LogP contribution in [0.3, 0.4) is 0 Å². The number of ether oxygens (including phenoxy) is 1. The molecule has 0 saturated carbocycles. The smallest absolute Gasteiger partial charge is 0.272 e. The van der Waals surface area contributed by atoms with E-state index in [4.69, 9.17) is 16.3 Å². The predicted octanol–water partition coefficient (Wildman–Crippen LogP) is 3.82. The molecular formula is C25H31ClFN7O2. The molecule has 1 aliphatic rings. The highest BCUT2D eigenvalue weighted by Gasteiger charge is 2.20. The molecule has 1 atom stereocenters. The minimum absolute atomic E-state index is 0.178. The minimum Gasteiger partial charge on any atom is -0.381 e. The number of nitrogens with one attached hydrogen (secondary N) is 3. The first kappa shape index (κ1) is 26.0. The Kier molecular flexibility index (Phi) is 8.50. The molecule has 1 aromatic carbocycles. The SMILES string of the molecule is Cc1cnc(NC2CCOCC2)nc1-n1cnc(C(=O)N[C@H](CNC(C)C)c2cc(F)cc(Cl)c2)c1. The number of anilines is 1. The van der Waals surface area contributed by atoms with Crippen LogP contribution in [-0.4, -0.2) is 57.3 Å². The average Bonchev–Trinajstić information content (AvgIpc) is 3.33. The molecule has 0 aliphatic carbocycles. The molecular weight excluding hydrogens is 485 g/mol. The molecule has 0 bridgehead atoms. The summed E-state index contributed by atoms with van der Waals surface area (Å²) in [6.07, 6.45) is 6.69. The molecule has 1 saturated heterocycles. The van der Waals surface area contributed by atoms with E-state index in [0.29, 0.717) is 37.1 Å². The van der Waals surface area contributed by atoms with Gasteiger partial charge in [-0.05, 0) is 43.5 Å². The molecule has 4 rings (SSSR count). The van der Waals surface area contributed by atoms with Gasteiger partial charge in [0.1, 0.15) is 23.7 Å². The Hall–Kier alpha value is -3.08. The Morgan fingerprint density at radius 2 is 2.03 bits per heavy atom. The number of imidazole rings is 1.